The first-order chi connectivity index (χ1) is 14.8. The maximum atomic E-state index is 12.3. The molecule has 0 bridgehead atoms. The van der Waals surface area contributed by atoms with Crippen LogP contribution in [-0.2, 0) is 17.8 Å². The van der Waals surface area contributed by atoms with Crippen molar-refractivity contribution in [2.75, 3.05) is 12.3 Å². The second kappa shape index (κ2) is 9.76. The Bertz CT molecular complexity index is 987. The number of rotatable bonds is 10. The van der Waals surface area contributed by atoms with Gasteiger partial charge in [-0.15, -0.1) is 16.8 Å². The highest BCUT2D eigenvalue weighted by atomic mass is 32.2. The Balaban J connectivity index is 1.32. The van der Waals surface area contributed by atoms with Gasteiger partial charge in [0.2, 0.25) is 5.91 Å². The summed E-state index contributed by atoms with van der Waals surface area (Å²) in [4.78, 5) is 12.3. The molecule has 4 rings (SSSR count). The lowest BCUT2D eigenvalue weighted by Gasteiger charge is -2.08. The molecule has 2 unspecified atom stereocenters. The van der Waals surface area contributed by atoms with E-state index in [0.717, 1.165) is 23.8 Å². The van der Waals surface area contributed by atoms with Gasteiger partial charge in [-0.1, -0.05) is 78.5 Å². The van der Waals surface area contributed by atoms with E-state index in [-0.39, 0.29) is 5.91 Å². The molecule has 0 aliphatic heterocycles. The van der Waals surface area contributed by atoms with Crippen molar-refractivity contribution in [2.45, 2.75) is 36.4 Å². The van der Waals surface area contributed by atoms with Gasteiger partial charge in [0.15, 0.2) is 5.16 Å². The Morgan fingerprint density at radius 1 is 1.10 bits per heavy atom. The molecule has 1 aliphatic carbocycles. The van der Waals surface area contributed by atoms with Crippen molar-refractivity contribution in [2.24, 2.45) is 0 Å². The minimum absolute atomic E-state index is 0.0132. The molecule has 0 saturated heterocycles. The molecule has 1 amide bonds. The predicted molar refractivity (Wildman–Crippen MR) is 121 cm³/mol. The first kappa shape index (κ1) is 20.4. The summed E-state index contributed by atoms with van der Waals surface area (Å²) in [6.45, 7) is 5.16. The third kappa shape index (κ3) is 5.00. The van der Waals surface area contributed by atoms with E-state index >= 15 is 0 Å². The maximum Gasteiger partial charge on any atom is 0.230 e. The highest BCUT2D eigenvalue weighted by Crippen LogP contribution is 2.54. The van der Waals surface area contributed by atoms with Crippen LogP contribution in [0.4, 0.5) is 0 Å². The molecule has 6 heteroatoms. The summed E-state index contributed by atoms with van der Waals surface area (Å²) in [5, 5.41) is 12.6. The molecule has 1 fully saturated rings. The zero-order valence-electron chi connectivity index (χ0n) is 16.9. The molecule has 1 N–H and O–H groups in total. The Hall–Kier alpha value is -2.86. The third-order valence-electron chi connectivity index (χ3n) is 5.32. The molecule has 1 heterocycles. The molecular formula is C24H26N4OS. The Morgan fingerprint density at radius 2 is 1.83 bits per heavy atom. The number of hydrogen-bond acceptors (Lipinski definition) is 4. The first-order valence-electron chi connectivity index (χ1n) is 10.3. The topological polar surface area (TPSA) is 59.8 Å². The second-order valence-corrected chi connectivity index (χ2v) is 8.42. The van der Waals surface area contributed by atoms with Crippen LogP contribution in [-0.4, -0.2) is 33.0 Å². The summed E-state index contributed by atoms with van der Waals surface area (Å²) in [6, 6.07) is 20.7. The third-order valence-corrected chi connectivity index (χ3v) is 6.28. The van der Waals surface area contributed by atoms with E-state index in [1.54, 1.807) is 0 Å². The standard InChI is InChI=1S/C24H26N4OS/c1-2-15-28-23(21-16-20(21)19-11-7-4-8-12-19)26-27-24(28)30-17-22(29)25-14-13-18-9-5-3-6-10-18/h2-12,20-21H,1,13-17H2,(H,25,29). The number of allylic oxidation sites excluding steroid dienone is 1. The van der Waals surface area contributed by atoms with Crippen LogP contribution in [0.15, 0.2) is 78.5 Å². The van der Waals surface area contributed by atoms with Crippen LogP contribution in [0.3, 0.4) is 0 Å². The molecular weight excluding hydrogens is 392 g/mol. The summed E-state index contributed by atoms with van der Waals surface area (Å²) in [5.41, 5.74) is 2.57. The van der Waals surface area contributed by atoms with E-state index in [9.17, 15) is 4.79 Å². The lowest BCUT2D eigenvalue weighted by Crippen LogP contribution is -2.27. The van der Waals surface area contributed by atoms with Gasteiger partial charge in [-0.2, -0.15) is 0 Å². The molecule has 2 atom stereocenters. The molecule has 0 spiro atoms. The molecule has 30 heavy (non-hydrogen) atoms. The minimum Gasteiger partial charge on any atom is -0.355 e. The fourth-order valence-electron chi connectivity index (χ4n) is 3.70. The average molecular weight is 419 g/mol. The molecule has 5 nitrogen and oxygen atoms in total. The summed E-state index contributed by atoms with van der Waals surface area (Å²) < 4.78 is 2.10. The first-order valence-corrected chi connectivity index (χ1v) is 11.3. The van der Waals surface area contributed by atoms with Crippen LogP contribution in [0.25, 0.3) is 0 Å². The summed E-state index contributed by atoms with van der Waals surface area (Å²) in [6.07, 6.45) is 3.78. The molecule has 2 aromatic carbocycles. The van der Waals surface area contributed by atoms with Crippen LogP contribution >= 0.6 is 11.8 Å². The number of carbonyl (C=O) groups excluding carboxylic acids is 1. The average Bonchev–Trinajstić information content (AvgIpc) is 3.48. The van der Waals surface area contributed by atoms with Crippen LogP contribution in [0, 0.1) is 0 Å². The van der Waals surface area contributed by atoms with E-state index in [0.29, 0.717) is 30.7 Å². The van der Waals surface area contributed by atoms with E-state index in [1.165, 1.54) is 22.9 Å². The van der Waals surface area contributed by atoms with Crippen molar-refractivity contribution in [3.05, 3.63) is 90.3 Å². The van der Waals surface area contributed by atoms with Gasteiger partial charge in [0.1, 0.15) is 5.82 Å². The molecule has 0 radical (unpaired) electrons. The lowest BCUT2D eigenvalue weighted by atomic mass is 10.1. The number of carbonyl (C=O) groups is 1. The fraction of sp³-hybridized carbons (Fsp3) is 0.292. The van der Waals surface area contributed by atoms with Gasteiger partial charge < -0.3 is 9.88 Å². The summed E-state index contributed by atoms with van der Waals surface area (Å²) >= 11 is 1.43. The van der Waals surface area contributed by atoms with Gasteiger partial charge in [-0.05, 0) is 29.9 Å². The largest absolute Gasteiger partial charge is 0.355 e. The zero-order valence-corrected chi connectivity index (χ0v) is 17.7. The highest BCUT2D eigenvalue weighted by Gasteiger charge is 2.43. The highest BCUT2D eigenvalue weighted by molar-refractivity contribution is 7.99. The van der Waals surface area contributed by atoms with Crippen molar-refractivity contribution in [1.29, 1.82) is 0 Å². The fourth-order valence-corrected chi connectivity index (χ4v) is 4.49. The van der Waals surface area contributed by atoms with Crippen molar-refractivity contribution in [1.82, 2.24) is 20.1 Å². The van der Waals surface area contributed by atoms with Gasteiger partial charge >= 0.3 is 0 Å². The number of nitrogens with one attached hydrogen (secondary N) is 1. The van der Waals surface area contributed by atoms with E-state index in [4.69, 9.17) is 0 Å². The predicted octanol–water partition coefficient (Wildman–Crippen LogP) is 4.19. The van der Waals surface area contributed by atoms with Gasteiger partial charge in [0.05, 0.1) is 5.75 Å². The van der Waals surface area contributed by atoms with Gasteiger partial charge in [-0.3, -0.25) is 4.79 Å². The quantitative estimate of drug-likeness (QED) is 0.396. The summed E-state index contributed by atoms with van der Waals surface area (Å²) in [7, 11) is 0. The van der Waals surface area contributed by atoms with Crippen LogP contribution in [0.5, 0.6) is 0 Å². The van der Waals surface area contributed by atoms with Gasteiger partial charge in [0.25, 0.3) is 0 Å². The SMILES string of the molecule is C=CCn1c(SCC(=O)NCCc2ccccc2)nnc1C1CC1c1ccccc1. The molecule has 1 saturated carbocycles. The van der Waals surface area contributed by atoms with Crippen molar-refractivity contribution in [3.8, 4) is 0 Å². The smallest absolute Gasteiger partial charge is 0.230 e. The van der Waals surface area contributed by atoms with E-state index in [1.807, 2.05) is 30.3 Å². The number of aromatic nitrogens is 3. The lowest BCUT2D eigenvalue weighted by molar-refractivity contribution is -0.118. The second-order valence-electron chi connectivity index (χ2n) is 7.47. The Morgan fingerprint density at radius 3 is 2.57 bits per heavy atom. The van der Waals surface area contributed by atoms with Crippen LogP contribution < -0.4 is 5.32 Å². The van der Waals surface area contributed by atoms with Crippen LogP contribution in [0.1, 0.15) is 35.2 Å². The molecule has 1 aliphatic rings. The number of benzene rings is 2. The van der Waals surface area contributed by atoms with E-state index < -0.39 is 0 Å². The molecule has 3 aromatic rings. The van der Waals surface area contributed by atoms with Crippen molar-refractivity contribution in [3.63, 3.8) is 0 Å². The Kier molecular flexibility index (Phi) is 6.64. The normalized spacial score (nSPS) is 17.5. The number of thioether (sulfide) groups is 1. The maximum absolute atomic E-state index is 12.3. The number of amides is 1. The zero-order chi connectivity index (χ0) is 20.8. The molecule has 1 aromatic heterocycles. The Labute approximate surface area is 181 Å². The van der Waals surface area contributed by atoms with Crippen molar-refractivity contribution >= 4 is 17.7 Å². The monoisotopic (exact) mass is 418 g/mol. The van der Waals surface area contributed by atoms with Gasteiger partial charge in [-0.25, -0.2) is 0 Å². The summed E-state index contributed by atoms with van der Waals surface area (Å²) in [5.74, 6) is 2.22. The molecule has 154 valence electrons. The van der Waals surface area contributed by atoms with Gasteiger partial charge in [0, 0.05) is 19.0 Å². The number of nitrogens with zero attached hydrogens (tertiary/aromatic N) is 3. The van der Waals surface area contributed by atoms with Crippen molar-refractivity contribution < 1.29 is 4.79 Å². The minimum atomic E-state index is 0.0132. The number of hydrogen-bond donors (Lipinski definition) is 1. The van der Waals surface area contributed by atoms with Crippen LogP contribution in [0.2, 0.25) is 0 Å². The van der Waals surface area contributed by atoms with E-state index in [2.05, 4.69) is 63.1 Å².